The van der Waals surface area contributed by atoms with Crippen LogP contribution in [0.1, 0.15) is 6.92 Å². The van der Waals surface area contributed by atoms with Crippen LogP contribution in [-0.4, -0.2) is 53.7 Å². The lowest BCUT2D eigenvalue weighted by molar-refractivity contribution is 0.0102. The topological polar surface area (TPSA) is 120 Å². The third-order valence-electron chi connectivity index (χ3n) is 4.44. The monoisotopic (exact) mass is 389 g/mol. The molecule has 3 N–H and O–H groups in total. The summed E-state index contributed by atoms with van der Waals surface area (Å²) < 4.78 is 32.4. The van der Waals surface area contributed by atoms with Crippen molar-refractivity contribution in [1.29, 1.82) is 0 Å². The number of H-pyrrole nitrogens is 2. The first-order valence-electron chi connectivity index (χ1n) is 8.50. The van der Waals surface area contributed by atoms with E-state index in [1.807, 2.05) is 6.92 Å². The molecular weight excluding hydrogens is 370 g/mol. The SMILES string of the molecule is CC1CN(S(=O)(=O)c2ccc(Nc3n[nH]c4cc[nH]c(=O)c34)cc2)CCO1. The van der Waals surface area contributed by atoms with Crippen LogP contribution in [-0.2, 0) is 14.8 Å². The molecule has 1 aliphatic heterocycles. The zero-order valence-electron chi connectivity index (χ0n) is 14.6. The molecule has 0 radical (unpaired) electrons. The van der Waals surface area contributed by atoms with Gasteiger partial charge in [0.15, 0.2) is 5.82 Å². The zero-order valence-corrected chi connectivity index (χ0v) is 15.4. The quantitative estimate of drug-likeness (QED) is 0.620. The predicted molar refractivity (Wildman–Crippen MR) is 101 cm³/mol. The summed E-state index contributed by atoms with van der Waals surface area (Å²) in [5.74, 6) is 0.379. The van der Waals surface area contributed by atoms with Gasteiger partial charge in [0.2, 0.25) is 10.0 Å². The Morgan fingerprint density at radius 1 is 1.26 bits per heavy atom. The fraction of sp³-hybridized carbons (Fsp3) is 0.294. The van der Waals surface area contributed by atoms with Crippen molar-refractivity contribution in [3.05, 3.63) is 46.9 Å². The number of hydrogen-bond acceptors (Lipinski definition) is 6. The van der Waals surface area contributed by atoms with Gasteiger partial charge in [0.25, 0.3) is 5.56 Å². The Balaban J connectivity index is 1.58. The number of ether oxygens (including phenoxy) is 1. The van der Waals surface area contributed by atoms with Crippen molar-refractivity contribution in [3.8, 4) is 0 Å². The van der Waals surface area contributed by atoms with Crippen molar-refractivity contribution >= 4 is 32.4 Å². The van der Waals surface area contributed by atoms with Crippen LogP contribution in [0.3, 0.4) is 0 Å². The lowest BCUT2D eigenvalue weighted by Crippen LogP contribution is -2.44. The van der Waals surface area contributed by atoms with Crippen LogP contribution in [0.25, 0.3) is 10.9 Å². The molecule has 0 aliphatic carbocycles. The summed E-state index contributed by atoms with van der Waals surface area (Å²) in [6, 6.07) is 8.09. The number of anilines is 2. The maximum atomic E-state index is 12.8. The van der Waals surface area contributed by atoms with E-state index in [2.05, 4.69) is 20.5 Å². The maximum Gasteiger partial charge on any atom is 0.261 e. The van der Waals surface area contributed by atoms with Crippen molar-refractivity contribution in [2.24, 2.45) is 0 Å². The smallest absolute Gasteiger partial charge is 0.261 e. The van der Waals surface area contributed by atoms with Crippen molar-refractivity contribution in [3.63, 3.8) is 0 Å². The molecule has 0 amide bonds. The van der Waals surface area contributed by atoms with Crippen molar-refractivity contribution in [2.75, 3.05) is 25.0 Å². The summed E-state index contributed by atoms with van der Waals surface area (Å²) in [6.07, 6.45) is 1.42. The van der Waals surface area contributed by atoms with Crippen molar-refractivity contribution in [2.45, 2.75) is 17.9 Å². The minimum absolute atomic E-state index is 0.125. The van der Waals surface area contributed by atoms with Crippen molar-refractivity contribution in [1.82, 2.24) is 19.5 Å². The lowest BCUT2D eigenvalue weighted by Gasteiger charge is -2.30. The number of aromatic amines is 2. The Hall–Kier alpha value is -2.69. The number of aromatic nitrogens is 3. The number of rotatable bonds is 4. The van der Waals surface area contributed by atoms with Gasteiger partial charge in [0.1, 0.15) is 5.39 Å². The second-order valence-electron chi connectivity index (χ2n) is 6.36. The third kappa shape index (κ3) is 3.34. The highest BCUT2D eigenvalue weighted by Crippen LogP contribution is 2.24. The van der Waals surface area contributed by atoms with E-state index in [0.29, 0.717) is 42.1 Å². The highest BCUT2D eigenvalue weighted by Gasteiger charge is 2.29. The molecule has 10 heteroatoms. The first kappa shape index (κ1) is 17.7. The standard InChI is InChI=1S/C17H19N5O4S/c1-11-10-22(8-9-26-11)27(24,25)13-4-2-12(3-5-13)19-16-15-14(20-21-16)6-7-18-17(15)23/h2-7,11H,8-10H2,1H3,(H,18,23)(H2,19,20,21). The van der Waals surface area contributed by atoms with Gasteiger partial charge in [0, 0.05) is 25.0 Å². The summed E-state index contributed by atoms with van der Waals surface area (Å²) >= 11 is 0. The van der Waals surface area contributed by atoms with E-state index in [9.17, 15) is 13.2 Å². The molecule has 9 nitrogen and oxygen atoms in total. The summed E-state index contributed by atoms with van der Waals surface area (Å²) in [5, 5.41) is 10.3. The molecule has 1 saturated heterocycles. The van der Waals surface area contributed by atoms with Gasteiger partial charge in [-0.1, -0.05) is 0 Å². The first-order chi connectivity index (χ1) is 12.9. The molecule has 2 aromatic heterocycles. The minimum atomic E-state index is -3.57. The van der Waals surface area contributed by atoms with Crippen LogP contribution in [0.5, 0.6) is 0 Å². The Kier molecular flexibility index (Phi) is 4.46. The number of nitrogens with one attached hydrogen (secondary N) is 3. The normalized spacial score (nSPS) is 18.6. The van der Waals surface area contributed by atoms with E-state index in [1.165, 1.54) is 16.4 Å². The molecule has 0 saturated carbocycles. The van der Waals surface area contributed by atoms with Crippen LogP contribution in [0.4, 0.5) is 11.5 Å². The average Bonchev–Trinajstić information content (AvgIpc) is 3.06. The van der Waals surface area contributed by atoms with Crippen LogP contribution < -0.4 is 10.9 Å². The molecule has 1 fully saturated rings. The minimum Gasteiger partial charge on any atom is -0.376 e. The highest BCUT2D eigenvalue weighted by atomic mass is 32.2. The Labute approximate surface area is 155 Å². The molecule has 1 aliphatic rings. The molecule has 1 atom stereocenters. The fourth-order valence-corrected chi connectivity index (χ4v) is 4.57. The summed E-state index contributed by atoms with van der Waals surface area (Å²) in [4.78, 5) is 14.8. The third-order valence-corrected chi connectivity index (χ3v) is 6.32. The van der Waals surface area contributed by atoms with Crippen LogP contribution in [0, 0.1) is 0 Å². The molecule has 3 heterocycles. The average molecular weight is 389 g/mol. The van der Waals surface area contributed by atoms with E-state index in [1.54, 1.807) is 24.4 Å². The van der Waals surface area contributed by atoms with Gasteiger partial charge < -0.3 is 15.0 Å². The van der Waals surface area contributed by atoms with Gasteiger partial charge in [-0.2, -0.15) is 9.40 Å². The number of hydrogen-bond donors (Lipinski definition) is 3. The number of fused-ring (bicyclic) bond motifs is 1. The van der Waals surface area contributed by atoms with E-state index in [4.69, 9.17) is 4.74 Å². The number of morpholine rings is 1. The van der Waals surface area contributed by atoms with E-state index in [0.717, 1.165) is 0 Å². The Bertz CT molecular complexity index is 1120. The van der Waals surface area contributed by atoms with E-state index in [-0.39, 0.29) is 16.6 Å². The number of benzene rings is 1. The van der Waals surface area contributed by atoms with Gasteiger partial charge in [-0.15, -0.1) is 0 Å². The maximum absolute atomic E-state index is 12.8. The van der Waals surface area contributed by atoms with Gasteiger partial charge >= 0.3 is 0 Å². The number of sulfonamides is 1. The predicted octanol–water partition coefficient (Wildman–Crippen LogP) is 1.40. The van der Waals surface area contributed by atoms with Crippen LogP contribution in [0.2, 0.25) is 0 Å². The number of pyridine rings is 1. The second kappa shape index (κ2) is 6.80. The molecular formula is C17H19N5O4S. The van der Waals surface area contributed by atoms with Crippen molar-refractivity contribution < 1.29 is 13.2 Å². The molecule has 1 unspecified atom stereocenters. The molecule has 3 aromatic rings. The molecule has 4 rings (SSSR count). The van der Waals surface area contributed by atoms with Crippen LogP contribution in [0.15, 0.2) is 46.2 Å². The van der Waals surface area contributed by atoms with E-state index < -0.39 is 10.0 Å². The van der Waals surface area contributed by atoms with Gasteiger partial charge in [0.05, 0.1) is 23.1 Å². The Morgan fingerprint density at radius 2 is 2.04 bits per heavy atom. The summed E-state index contributed by atoms with van der Waals surface area (Å²) in [5.41, 5.74) is 0.979. The van der Waals surface area contributed by atoms with Gasteiger partial charge in [-0.05, 0) is 37.3 Å². The zero-order chi connectivity index (χ0) is 19.0. The van der Waals surface area contributed by atoms with Crippen LogP contribution >= 0.6 is 0 Å². The number of nitrogens with zero attached hydrogens (tertiary/aromatic N) is 2. The second-order valence-corrected chi connectivity index (χ2v) is 8.30. The molecule has 1 aromatic carbocycles. The van der Waals surface area contributed by atoms with Gasteiger partial charge in [-0.25, -0.2) is 8.42 Å². The fourth-order valence-electron chi connectivity index (χ4n) is 3.07. The summed E-state index contributed by atoms with van der Waals surface area (Å²) in [7, 11) is -3.57. The first-order valence-corrected chi connectivity index (χ1v) is 9.94. The molecule has 0 bridgehead atoms. The molecule has 27 heavy (non-hydrogen) atoms. The van der Waals surface area contributed by atoms with E-state index >= 15 is 0 Å². The van der Waals surface area contributed by atoms with Gasteiger partial charge in [-0.3, -0.25) is 9.89 Å². The molecule has 142 valence electrons. The summed E-state index contributed by atoms with van der Waals surface area (Å²) in [6.45, 7) is 2.92. The Morgan fingerprint density at radius 3 is 2.78 bits per heavy atom. The molecule has 0 spiro atoms. The highest BCUT2D eigenvalue weighted by molar-refractivity contribution is 7.89. The largest absolute Gasteiger partial charge is 0.376 e. The lowest BCUT2D eigenvalue weighted by atomic mass is 10.3.